The smallest absolute Gasteiger partial charge is 0.241 e. The van der Waals surface area contributed by atoms with Crippen molar-refractivity contribution >= 4 is 24.0 Å². The van der Waals surface area contributed by atoms with Crippen molar-refractivity contribution in [1.29, 1.82) is 0 Å². The number of carbonyl (C=O) groups excluding carboxylic acids is 1. The molecule has 0 aliphatic rings. The van der Waals surface area contributed by atoms with Crippen LogP contribution in [0, 0.1) is 0 Å². The van der Waals surface area contributed by atoms with Crippen LogP contribution in [-0.2, 0) is 16.1 Å². The molecule has 1 atom stereocenters. The van der Waals surface area contributed by atoms with E-state index in [-0.39, 0.29) is 18.3 Å². The summed E-state index contributed by atoms with van der Waals surface area (Å²) in [5.74, 6) is 0.676. The molecule has 2 rings (SSSR count). The van der Waals surface area contributed by atoms with Crippen molar-refractivity contribution in [2.24, 2.45) is 5.73 Å². The molecule has 0 saturated carbocycles. The third-order valence-corrected chi connectivity index (χ3v) is 3.64. The van der Waals surface area contributed by atoms with Gasteiger partial charge in [-0.1, -0.05) is 43.7 Å². The van der Waals surface area contributed by atoms with E-state index in [1.807, 2.05) is 61.5 Å². The number of halogens is 1. The first-order valence-corrected chi connectivity index (χ1v) is 8.60. The van der Waals surface area contributed by atoms with Crippen LogP contribution in [0.4, 0.5) is 5.69 Å². The van der Waals surface area contributed by atoms with Crippen LogP contribution >= 0.6 is 12.4 Å². The maximum absolute atomic E-state index is 12.0. The minimum absolute atomic E-state index is 0. The Balaban J connectivity index is 0.00000338. The highest BCUT2D eigenvalue weighted by molar-refractivity contribution is 5.94. The van der Waals surface area contributed by atoms with Gasteiger partial charge in [-0.2, -0.15) is 0 Å². The fraction of sp³-hybridized carbons (Fsp3) is 0.350. The van der Waals surface area contributed by atoms with Crippen molar-refractivity contribution in [3.63, 3.8) is 0 Å². The highest BCUT2D eigenvalue weighted by Crippen LogP contribution is 2.13. The molecular weight excluding hydrogens is 352 g/mol. The molecule has 2 aromatic rings. The van der Waals surface area contributed by atoms with E-state index in [0.29, 0.717) is 26.2 Å². The molecule has 6 heteroatoms. The van der Waals surface area contributed by atoms with Crippen LogP contribution in [0.2, 0.25) is 0 Å². The lowest BCUT2D eigenvalue weighted by Gasteiger charge is -2.12. The van der Waals surface area contributed by atoms with Crippen molar-refractivity contribution in [2.45, 2.75) is 32.4 Å². The van der Waals surface area contributed by atoms with E-state index in [2.05, 4.69) is 5.32 Å². The fourth-order valence-corrected chi connectivity index (χ4v) is 2.34. The lowest BCUT2D eigenvalue weighted by atomic mass is 10.1. The van der Waals surface area contributed by atoms with Gasteiger partial charge >= 0.3 is 0 Å². The topological polar surface area (TPSA) is 73.6 Å². The molecule has 2 aromatic carbocycles. The third-order valence-electron chi connectivity index (χ3n) is 3.64. The Bertz CT molecular complexity index is 653. The Morgan fingerprint density at radius 2 is 1.88 bits per heavy atom. The minimum Gasteiger partial charge on any atom is -0.491 e. The lowest BCUT2D eigenvalue weighted by molar-refractivity contribution is -0.117. The average molecular weight is 379 g/mol. The van der Waals surface area contributed by atoms with Gasteiger partial charge in [-0.3, -0.25) is 4.79 Å². The normalized spacial score (nSPS) is 11.3. The summed E-state index contributed by atoms with van der Waals surface area (Å²) in [6, 6.07) is 16.8. The SMILES string of the molecule is CCCC(N)C(=O)Nc1cccc(COCCOc2ccccc2)c1.Cl. The second-order valence-electron chi connectivity index (χ2n) is 5.80. The van der Waals surface area contributed by atoms with Crippen molar-refractivity contribution in [3.8, 4) is 5.75 Å². The molecule has 26 heavy (non-hydrogen) atoms. The van der Waals surface area contributed by atoms with E-state index in [4.69, 9.17) is 15.2 Å². The van der Waals surface area contributed by atoms with Crippen molar-refractivity contribution in [2.75, 3.05) is 18.5 Å². The van der Waals surface area contributed by atoms with Gasteiger partial charge in [0.1, 0.15) is 12.4 Å². The Labute approximate surface area is 161 Å². The molecule has 0 heterocycles. The van der Waals surface area contributed by atoms with E-state index >= 15 is 0 Å². The van der Waals surface area contributed by atoms with Gasteiger partial charge in [0.05, 0.1) is 19.3 Å². The number of rotatable bonds is 10. The van der Waals surface area contributed by atoms with E-state index in [1.54, 1.807) is 0 Å². The van der Waals surface area contributed by atoms with E-state index in [1.165, 1.54) is 0 Å². The third kappa shape index (κ3) is 7.87. The maximum Gasteiger partial charge on any atom is 0.241 e. The van der Waals surface area contributed by atoms with Gasteiger partial charge in [0.15, 0.2) is 0 Å². The predicted molar refractivity (Wildman–Crippen MR) is 107 cm³/mol. The largest absolute Gasteiger partial charge is 0.491 e. The number of hydrogen-bond acceptors (Lipinski definition) is 4. The van der Waals surface area contributed by atoms with E-state index in [9.17, 15) is 4.79 Å². The molecule has 0 aromatic heterocycles. The van der Waals surface area contributed by atoms with Crippen LogP contribution in [0.1, 0.15) is 25.3 Å². The Morgan fingerprint density at radius 1 is 1.12 bits per heavy atom. The van der Waals surface area contributed by atoms with Gasteiger partial charge in [-0.15, -0.1) is 12.4 Å². The minimum atomic E-state index is -0.472. The second-order valence-corrected chi connectivity index (χ2v) is 5.80. The molecule has 1 unspecified atom stereocenters. The quantitative estimate of drug-likeness (QED) is 0.617. The lowest BCUT2D eigenvalue weighted by Crippen LogP contribution is -2.35. The summed E-state index contributed by atoms with van der Waals surface area (Å²) in [4.78, 5) is 12.0. The molecule has 0 aliphatic heterocycles. The van der Waals surface area contributed by atoms with Crippen molar-refractivity contribution in [1.82, 2.24) is 0 Å². The van der Waals surface area contributed by atoms with Gasteiger partial charge in [-0.05, 0) is 36.2 Å². The second kappa shape index (κ2) is 12.3. The van der Waals surface area contributed by atoms with Crippen LogP contribution in [0.5, 0.6) is 5.75 Å². The number of amides is 1. The molecule has 0 radical (unpaired) electrons. The highest BCUT2D eigenvalue weighted by Gasteiger charge is 2.12. The summed E-state index contributed by atoms with van der Waals surface area (Å²) in [7, 11) is 0. The molecule has 0 fully saturated rings. The number of hydrogen-bond donors (Lipinski definition) is 2. The van der Waals surface area contributed by atoms with Crippen LogP contribution in [-0.4, -0.2) is 25.2 Å². The zero-order valence-electron chi connectivity index (χ0n) is 15.0. The number of anilines is 1. The van der Waals surface area contributed by atoms with E-state index < -0.39 is 6.04 Å². The summed E-state index contributed by atoms with van der Waals surface area (Å²) < 4.78 is 11.2. The molecule has 142 valence electrons. The van der Waals surface area contributed by atoms with Crippen LogP contribution in [0.15, 0.2) is 54.6 Å². The summed E-state index contributed by atoms with van der Waals surface area (Å²) in [5, 5.41) is 2.85. The molecule has 0 aliphatic carbocycles. The number of carbonyl (C=O) groups is 1. The first-order chi connectivity index (χ1) is 12.2. The number of nitrogens with two attached hydrogens (primary N) is 1. The van der Waals surface area contributed by atoms with Gasteiger partial charge in [0.2, 0.25) is 5.91 Å². The molecule has 0 saturated heterocycles. The molecule has 1 amide bonds. The molecule has 0 bridgehead atoms. The van der Waals surface area contributed by atoms with Gasteiger partial charge in [0.25, 0.3) is 0 Å². The fourth-order valence-electron chi connectivity index (χ4n) is 2.34. The van der Waals surface area contributed by atoms with Crippen LogP contribution < -0.4 is 15.8 Å². The van der Waals surface area contributed by atoms with E-state index in [0.717, 1.165) is 23.4 Å². The van der Waals surface area contributed by atoms with Gasteiger partial charge < -0.3 is 20.5 Å². The summed E-state index contributed by atoms with van der Waals surface area (Å²) in [6.07, 6.45) is 1.56. The van der Waals surface area contributed by atoms with Gasteiger partial charge in [-0.25, -0.2) is 0 Å². The zero-order chi connectivity index (χ0) is 17.9. The van der Waals surface area contributed by atoms with Gasteiger partial charge in [0, 0.05) is 5.69 Å². The van der Waals surface area contributed by atoms with Crippen LogP contribution in [0.3, 0.4) is 0 Å². The maximum atomic E-state index is 12.0. The first-order valence-electron chi connectivity index (χ1n) is 8.60. The Hall–Kier alpha value is -2.08. The van der Waals surface area contributed by atoms with Crippen molar-refractivity contribution < 1.29 is 14.3 Å². The monoisotopic (exact) mass is 378 g/mol. The number of nitrogens with one attached hydrogen (secondary N) is 1. The first kappa shape index (κ1) is 22.0. The summed E-state index contributed by atoms with van der Waals surface area (Å²) in [5.41, 5.74) is 7.55. The molecular formula is C20H27ClN2O3. The van der Waals surface area contributed by atoms with Crippen molar-refractivity contribution in [3.05, 3.63) is 60.2 Å². The summed E-state index contributed by atoms with van der Waals surface area (Å²) >= 11 is 0. The average Bonchev–Trinajstić information content (AvgIpc) is 2.63. The Morgan fingerprint density at radius 3 is 2.62 bits per heavy atom. The number of para-hydroxylation sites is 1. The van der Waals surface area contributed by atoms with Crippen LogP contribution in [0.25, 0.3) is 0 Å². The standard InChI is InChI=1S/C20H26N2O3.ClH/c1-2-7-19(21)20(23)22-17-9-6-8-16(14-17)15-24-12-13-25-18-10-4-3-5-11-18;/h3-6,8-11,14,19H,2,7,12-13,15,21H2,1H3,(H,22,23);1H. The highest BCUT2D eigenvalue weighted by atomic mass is 35.5. The summed E-state index contributed by atoms with van der Waals surface area (Å²) in [6.45, 7) is 3.45. The zero-order valence-corrected chi connectivity index (χ0v) is 15.8. The Kier molecular flexibility index (Phi) is 10.4. The number of benzene rings is 2. The molecule has 3 N–H and O–H groups in total. The molecule has 0 spiro atoms. The number of ether oxygens (including phenoxy) is 2. The molecule has 5 nitrogen and oxygen atoms in total. The predicted octanol–water partition coefficient (Wildman–Crippen LogP) is 3.77.